The summed E-state index contributed by atoms with van der Waals surface area (Å²) in [5, 5.41) is 9.32. The van der Waals surface area contributed by atoms with Gasteiger partial charge in [-0.3, -0.25) is 0 Å². The molecule has 0 bridgehead atoms. The summed E-state index contributed by atoms with van der Waals surface area (Å²) in [6, 6.07) is 2.50. The van der Waals surface area contributed by atoms with Crippen LogP contribution in [0.4, 0.5) is 40.8 Å². The van der Waals surface area contributed by atoms with E-state index in [1.807, 2.05) is 0 Å². The third-order valence-corrected chi connectivity index (χ3v) is 9.56. The summed E-state index contributed by atoms with van der Waals surface area (Å²) in [7, 11) is -5.11. The van der Waals surface area contributed by atoms with Crippen LogP contribution in [-0.4, -0.2) is 54.4 Å². The molecular formula is C27H28F8N2O5S. The SMILES string of the molecule is CC(F)(F)CC[C@@H]1CN(C2CCC(F)(F)CC2)c2cc(C(F)(F)F)c(OCc3cccnc3C(=O)O)cc2S(=O)(=O)[C@@H]1F. The Hall–Kier alpha value is -3.17. The number of halogens is 8. The number of aromatic nitrogens is 1. The zero-order valence-electron chi connectivity index (χ0n) is 22.7. The van der Waals surface area contributed by atoms with Gasteiger partial charge in [0.2, 0.25) is 27.2 Å². The molecule has 0 amide bonds. The van der Waals surface area contributed by atoms with Crippen molar-refractivity contribution in [1.82, 2.24) is 4.98 Å². The normalized spacial score (nSPS) is 22.5. The van der Waals surface area contributed by atoms with Gasteiger partial charge in [-0.15, -0.1) is 0 Å². The lowest BCUT2D eigenvalue weighted by molar-refractivity contribution is -0.139. The molecule has 4 rings (SSSR count). The fourth-order valence-electron chi connectivity index (χ4n) is 5.40. The van der Waals surface area contributed by atoms with E-state index in [-0.39, 0.29) is 18.4 Å². The quantitative estimate of drug-likeness (QED) is 0.313. The highest BCUT2D eigenvalue weighted by atomic mass is 32.2. The van der Waals surface area contributed by atoms with Gasteiger partial charge in [-0.1, -0.05) is 6.07 Å². The summed E-state index contributed by atoms with van der Waals surface area (Å²) < 4.78 is 146. The molecule has 1 aliphatic heterocycles. The minimum Gasteiger partial charge on any atom is -0.488 e. The molecule has 0 unspecified atom stereocenters. The number of fused-ring (bicyclic) bond motifs is 1. The molecule has 1 aromatic heterocycles. The van der Waals surface area contributed by atoms with Crippen molar-refractivity contribution in [1.29, 1.82) is 0 Å². The average Bonchev–Trinajstić information content (AvgIpc) is 2.98. The number of nitrogens with zero attached hydrogens (tertiary/aromatic N) is 2. The molecule has 2 aromatic rings. The van der Waals surface area contributed by atoms with E-state index in [4.69, 9.17) is 4.74 Å². The Morgan fingerprint density at radius 3 is 2.40 bits per heavy atom. The lowest BCUT2D eigenvalue weighted by Crippen LogP contribution is -2.44. The molecule has 238 valence electrons. The van der Waals surface area contributed by atoms with Crippen molar-refractivity contribution in [2.75, 3.05) is 11.4 Å². The van der Waals surface area contributed by atoms with Crippen molar-refractivity contribution in [2.24, 2.45) is 5.92 Å². The highest BCUT2D eigenvalue weighted by molar-refractivity contribution is 7.92. The largest absolute Gasteiger partial charge is 0.488 e. The number of ether oxygens (including phenoxy) is 1. The van der Waals surface area contributed by atoms with Gasteiger partial charge < -0.3 is 14.7 Å². The molecule has 0 saturated heterocycles. The molecule has 1 N–H and O–H groups in total. The first-order valence-corrected chi connectivity index (χ1v) is 14.8. The van der Waals surface area contributed by atoms with Crippen LogP contribution >= 0.6 is 0 Å². The van der Waals surface area contributed by atoms with Crippen molar-refractivity contribution in [3.8, 4) is 5.75 Å². The number of carboxylic acids is 1. The van der Waals surface area contributed by atoms with Crippen molar-refractivity contribution in [3.05, 3.63) is 47.3 Å². The van der Waals surface area contributed by atoms with Gasteiger partial charge in [-0.05, 0) is 38.3 Å². The summed E-state index contributed by atoms with van der Waals surface area (Å²) in [4.78, 5) is 15.3. The summed E-state index contributed by atoms with van der Waals surface area (Å²) in [6.45, 7) is -0.834. The standard InChI is InChI=1S/C27H28F8N2O5S/c1-25(29,30)7-4-15-13-37(17-5-8-26(31,32)9-6-17)19-11-18(27(33,34)35)20(12-21(19)43(40,41)23(15)28)42-14-16-3-2-10-36-22(16)24(38)39/h2-3,10-12,15,17,23H,4-9,13-14H2,1H3,(H,38,39)/t15-,23+/m1/s1. The van der Waals surface area contributed by atoms with Crippen LogP contribution in [-0.2, 0) is 22.6 Å². The van der Waals surface area contributed by atoms with Crippen LogP contribution < -0.4 is 9.64 Å². The van der Waals surface area contributed by atoms with Gasteiger partial charge >= 0.3 is 12.1 Å². The Labute approximate surface area is 241 Å². The molecule has 2 aliphatic rings. The molecule has 0 radical (unpaired) electrons. The van der Waals surface area contributed by atoms with E-state index in [0.717, 1.165) is 11.1 Å². The number of anilines is 1. The van der Waals surface area contributed by atoms with E-state index in [2.05, 4.69) is 4.98 Å². The Kier molecular flexibility index (Phi) is 8.93. The Morgan fingerprint density at radius 2 is 1.81 bits per heavy atom. The topological polar surface area (TPSA) is 96.8 Å². The van der Waals surface area contributed by atoms with Crippen LogP contribution in [0.2, 0.25) is 0 Å². The van der Waals surface area contributed by atoms with Gasteiger partial charge in [-0.25, -0.2) is 40.1 Å². The maximum Gasteiger partial charge on any atom is 0.420 e. The third-order valence-electron chi connectivity index (χ3n) is 7.64. The number of hydrogen-bond acceptors (Lipinski definition) is 6. The van der Waals surface area contributed by atoms with Gasteiger partial charge in [0.25, 0.3) is 0 Å². The van der Waals surface area contributed by atoms with Crippen LogP contribution in [0, 0.1) is 5.92 Å². The number of benzene rings is 1. The number of sulfone groups is 1. The summed E-state index contributed by atoms with van der Waals surface area (Å²) in [5.74, 6) is -10.5. The first kappa shape index (κ1) is 32.7. The smallest absolute Gasteiger partial charge is 0.420 e. The van der Waals surface area contributed by atoms with Crippen molar-refractivity contribution in [2.45, 2.75) is 86.5 Å². The second kappa shape index (κ2) is 11.7. The molecule has 1 aromatic carbocycles. The predicted molar refractivity (Wildman–Crippen MR) is 137 cm³/mol. The third kappa shape index (κ3) is 7.32. The minimum absolute atomic E-state index is 0.144. The van der Waals surface area contributed by atoms with Gasteiger partial charge in [0.15, 0.2) is 5.69 Å². The van der Waals surface area contributed by atoms with Gasteiger partial charge in [0.1, 0.15) is 12.4 Å². The lowest BCUT2D eigenvalue weighted by Gasteiger charge is -2.39. The zero-order chi connectivity index (χ0) is 32.0. The van der Waals surface area contributed by atoms with Gasteiger partial charge in [-0.2, -0.15) is 13.2 Å². The number of pyridine rings is 1. The Balaban J connectivity index is 1.84. The molecular weight excluding hydrogens is 616 g/mol. The maximum atomic E-state index is 15.7. The summed E-state index contributed by atoms with van der Waals surface area (Å²) in [5.41, 5.74) is -5.56. The number of hydrogen-bond donors (Lipinski definition) is 1. The van der Waals surface area contributed by atoms with Crippen LogP contribution in [0.25, 0.3) is 0 Å². The zero-order valence-corrected chi connectivity index (χ0v) is 23.5. The van der Waals surface area contributed by atoms with Crippen LogP contribution in [0.1, 0.15) is 67.1 Å². The Bertz CT molecular complexity index is 1450. The number of rotatable bonds is 8. The van der Waals surface area contributed by atoms with Crippen molar-refractivity contribution >= 4 is 21.5 Å². The van der Waals surface area contributed by atoms with E-state index in [1.54, 1.807) is 0 Å². The summed E-state index contributed by atoms with van der Waals surface area (Å²) in [6.07, 6.45) is -7.43. The van der Waals surface area contributed by atoms with Crippen LogP contribution in [0.15, 0.2) is 35.4 Å². The molecule has 2 atom stereocenters. The van der Waals surface area contributed by atoms with Crippen LogP contribution in [0.3, 0.4) is 0 Å². The molecule has 43 heavy (non-hydrogen) atoms. The molecule has 0 spiro atoms. The lowest BCUT2D eigenvalue weighted by atomic mass is 9.89. The molecule has 1 aliphatic carbocycles. The van der Waals surface area contributed by atoms with Gasteiger partial charge in [0, 0.05) is 55.6 Å². The minimum atomic E-state index is -5.16. The number of alkyl halides is 8. The van der Waals surface area contributed by atoms with Crippen molar-refractivity contribution in [3.63, 3.8) is 0 Å². The number of aromatic carboxylic acids is 1. The maximum absolute atomic E-state index is 15.7. The van der Waals surface area contributed by atoms with Crippen molar-refractivity contribution < 1.29 is 58.2 Å². The first-order valence-electron chi connectivity index (χ1n) is 13.3. The van der Waals surface area contributed by atoms with E-state index >= 15 is 4.39 Å². The van der Waals surface area contributed by atoms with Crippen LogP contribution in [0.5, 0.6) is 5.75 Å². The molecule has 1 saturated carbocycles. The highest BCUT2D eigenvalue weighted by Gasteiger charge is 2.47. The second-order valence-corrected chi connectivity index (χ2v) is 12.9. The summed E-state index contributed by atoms with van der Waals surface area (Å²) >= 11 is 0. The van der Waals surface area contributed by atoms with E-state index in [1.165, 1.54) is 12.1 Å². The molecule has 7 nitrogen and oxygen atoms in total. The average molecular weight is 645 g/mol. The predicted octanol–water partition coefficient (Wildman–Crippen LogP) is 6.90. The molecule has 16 heteroatoms. The van der Waals surface area contributed by atoms with E-state index in [9.17, 15) is 49.1 Å². The van der Waals surface area contributed by atoms with Gasteiger partial charge in [0.05, 0.1) is 16.1 Å². The second-order valence-electron chi connectivity index (χ2n) is 10.9. The highest BCUT2D eigenvalue weighted by Crippen LogP contribution is 2.48. The fourth-order valence-corrected chi connectivity index (χ4v) is 7.11. The van der Waals surface area contributed by atoms with E-state index < -0.39 is 118 Å². The fraction of sp³-hybridized carbons (Fsp3) is 0.556. The Morgan fingerprint density at radius 1 is 1.16 bits per heavy atom. The molecule has 2 heterocycles. The number of carboxylic acid groups (broad SMARTS) is 1. The number of carbonyl (C=O) groups is 1. The first-order chi connectivity index (χ1) is 19.8. The monoisotopic (exact) mass is 644 g/mol. The van der Waals surface area contributed by atoms with E-state index in [0.29, 0.717) is 19.1 Å². The molecule has 1 fully saturated rings.